The molecule has 0 radical (unpaired) electrons. The summed E-state index contributed by atoms with van der Waals surface area (Å²) >= 11 is 0. The third-order valence-electron chi connectivity index (χ3n) is 3.63. The van der Waals surface area contributed by atoms with Gasteiger partial charge in [-0.15, -0.1) is 0 Å². The molecular weight excluding hydrogens is 340 g/mol. The van der Waals surface area contributed by atoms with E-state index < -0.39 is 21.5 Å². The summed E-state index contributed by atoms with van der Waals surface area (Å²) in [5.41, 5.74) is 7.64. The Labute approximate surface area is 147 Å². The number of benzene rings is 2. The SMILES string of the molecule is COc1ccc(NC(=O)CS(=O)(=O)CCCc2ccccc2)cc1N. The number of amides is 1. The highest BCUT2D eigenvalue weighted by Crippen LogP contribution is 2.24. The predicted molar refractivity (Wildman–Crippen MR) is 99.5 cm³/mol. The molecule has 0 heterocycles. The van der Waals surface area contributed by atoms with Gasteiger partial charge in [0.05, 0.1) is 18.6 Å². The zero-order valence-corrected chi connectivity index (χ0v) is 14.9. The van der Waals surface area contributed by atoms with Gasteiger partial charge in [0.25, 0.3) is 0 Å². The van der Waals surface area contributed by atoms with E-state index >= 15 is 0 Å². The van der Waals surface area contributed by atoms with Crippen molar-refractivity contribution in [1.82, 2.24) is 0 Å². The third kappa shape index (κ3) is 6.11. The van der Waals surface area contributed by atoms with Crippen molar-refractivity contribution in [2.45, 2.75) is 12.8 Å². The van der Waals surface area contributed by atoms with Gasteiger partial charge < -0.3 is 15.8 Å². The Balaban J connectivity index is 1.85. The number of carbonyl (C=O) groups excluding carboxylic acids is 1. The van der Waals surface area contributed by atoms with E-state index in [1.54, 1.807) is 12.1 Å². The summed E-state index contributed by atoms with van der Waals surface area (Å²) in [5, 5.41) is 2.54. The average molecular weight is 362 g/mol. The number of ether oxygens (including phenoxy) is 1. The number of sulfone groups is 1. The maximum absolute atomic E-state index is 12.1. The van der Waals surface area contributed by atoms with E-state index in [-0.39, 0.29) is 5.75 Å². The molecule has 0 atom stereocenters. The summed E-state index contributed by atoms with van der Waals surface area (Å²) in [5.74, 6) is -0.663. The summed E-state index contributed by atoms with van der Waals surface area (Å²) in [7, 11) is -1.97. The van der Waals surface area contributed by atoms with Crippen LogP contribution >= 0.6 is 0 Å². The van der Waals surface area contributed by atoms with Crippen LogP contribution in [0.1, 0.15) is 12.0 Å². The molecule has 0 saturated heterocycles. The van der Waals surface area contributed by atoms with E-state index in [9.17, 15) is 13.2 Å². The lowest BCUT2D eigenvalue weighted by molar-refractivity contribution is -0.113. The molecule has 2 aromatic carbocycles. The third-order valence-corrected chi connectivity index (χ3v) is 5.24. The molecule has 3 N–H and O–H groups in total. The maximum Gasteiger partial charge on any atom is 0.239 e. The topological polar surface area (TPSA) is 98.5 Å². The fourth-order valence-corrected chi connectivity index (χ4v) is 3.62. The van der Waals surface area contributed by atoms with Crippen LogP contribution in [-0.2, 0) is 21.1 Å². The first-order valence-corrected chi connectivity index (χ1v) is 9.69. The minimum Gasteiger partial charge on any atom is -0.495 e. The maximum atomic E-state index is 12.1. The zero-order valence-electron chi connectivity index (χ0n) is 14.1. The number of anilines is 2. The summed E-state index contributed by atoms with van der Waals surface area (Å²) in [6, 6.07) is 14.4. The predicted octanol–water partition coefficient (Wildman–Crippen LogP) is 2.26. The largest absolute Gasteiger partial charge is 0.495 e. The lowest BCUT2D eigenvalue weighted by atomic mass is 10.1. The van der Waals surface area contributed by atoms with Crippen LogP contribution in [0.3, 0.4) is 0 Å². The summed E-state index contributed by atoms with van der Waals surface area (Å²) < 4.78 is 29.2. The Morgan fingerprint density at radius 3 is 2.52 bits per heavy atom. The molecule has 6 nitrogen and oxygen atoms in total. The molecule has 1 amide bonds. The molecule has 2 aromatic rings. The molecule has 0 aliphatic rings. The van der Waals surface area contributed by atoms with Crippen molar-refractivity contribution in [3.05, 3.63) is 54.1 Å². The van der Waals surface area contributed by atoms with Gasteiger partial charge in [-0.3, -0.25) is 4.79 Å². The van der Waals surface area contributed by atoms with Gasteiger partial charge >= 0.3 is 0 Å². The summed E-state index contributed by atoms with van der Waals surface area (Å²) in [4.78, 5) is 12.0. The normalized spacial score (nSPS) is 11.1. The van der Waals surface area contributed by atoms with Crippen molar-refractivity contribution >= 4 is 27.1 Å². The molecule has 134 valence electrons. The second-order valence-electron chi connectivity index (χ2n) is 5.69. The van der Waals surface area contributed by atoms with Crippen LogP contribution in [-0.4, -0.2) is 32.9 Å². The number of methoxy groups -OCH3 is 1. The van der Waals surface area contributed by atoms with Gasteiger partial charge in [0.2, 0.25) is 5.91 Å². The zero-order chi connectivity index (χ0) is 18.3. The van der Waals surface area contributed by atoms with E-state index in [1.165, 1.54) is 13.2 Å². The number of rotatable bonds is 8. The van der Waals surface area contributed by atoms with Crippen LogP contribution < -0.4 is 15.8 Å². The number of carbonyl (C=O) groups is 1. The molecule has 0 aromatic heterocycles. The van der Waals surface area contributed by atoms with Gasteiger partial charge in [-0.25, -0.2) is 8.42 Å². The number of nitrogen functional groups attached to an aromatic ring is 1. The fraction of sp³-hybridized carbons (Fsp3) is 0.278. The molecule has 25 heavy (non-hydrogen) atoms. The second kappa shape index (κ2) is 8.53. The van der Waals surface area contributed by atoms with Crippen molar-refractivity contribution < 1.29 is 17.9 Å². The van der Waals surface area contributed by atoms with Crippen LogP contribution in [0.15, 0.2) is 48.5 Å². The minimum atomic E-state index is -3.46. The van der Waals surface area contributed by atoms with E-state index in [4.69, 9.17) is 10.5 Å². The number of nitrogens with two attached hydrogens (primary N) is 1. The lowest BCUT2D eigenvalue weighted by Crippen LogP contribution is -2.25. The molecular formula is C18H22N2O4S. The molecule has 0 aliphatic carbocycles. The van der Waals surface area contributed by atoms with Crippen LogP contribution in [0.25, 0.3) is 0 Å². The highest BCUT2D eigenvalue weighted by Gasteiger charge is 2.17. The Kier molecular flexibility index (Phi) is 6.41. The first-order chi connectivity index (χ1) is 11.9. The minimum absolute atomic E-state index is 0.0277. The van der Waals surface area contributed by atoms with Crippen molar-refractivity contribution in [2.75, 3.05) is 29.7 Å². The van der Waals surface area contributed by atoms with Crippen LogP contribution in [0.5, 0.6) is 5.75 Å². The highest BCUT2D eigenvalue weighted by atomic mass is 32.2. The van der Waals surface area contributed by atoms with Crippen molar-refractivity contribution in [3.63, 3.8) is 0 Å². The Hall–Kier alpha value is -2.54. The summed E-state index contributed by atoms with van der Waals surface area (Å²) in [6.45, 7) is 0. The molecule has 0 saturated carbocycles. The molecule has 0 spiro atoms. The van der Waals surface area contributed by atoms with E-state index in [0.29, 0.717) is 30.0 Å². The van der Waals surface area contributed by atoms with Crippen LogP contribution in [0.2, 0.25) is 0 Å². The van der Waals surface area contributed by atoms with Gasteiger partial charge in [0.15, 0.2) is 9.84 Å². The Morgan fingerprint density at radius 1 is 1.16 bits per heavy atom. The molecule has 0 fully saturated rings. The molecule has 7 heteroatoms. The number of aryl methyl sites for hydroxylation is 1. The lowest BCUT2D eigenvalue weighted by Gasteiger charge is -2.09. The Morgan fingerprint density at radius 2 is 1.88 bits per heavy atom. The molecule has 2 rings (SSSR count). The molecule has 0 bridgehead atoms. The Bertz CT molecular complexity index is 820. The second-order valence-corrected chi connectivity index (χ2v) is 7.87. The van der Waals surface area contributed by atoms with Crippen molar-refractivity contribution in [3.8, 4) is 5.75 Å². The number of nitrogens with one attached hydrogen (secondary N) is 1. The quantitative estimate of drug-likeness (QED) is 0.702. The van der Waals surface area contributed by atoms with Crippen molar-refractivity contribution in [1.29, 1.82) is 0 Å². The van der Waals surface area contributed by atoms with Gasteiger partial charge in [0, 0.05) is 5.69 Å². The number of hydrogen-bond donors (Lipinski definition) is 2. The average Bonchev–Trinajstić information content (AvgIpc) is 2.55. The van der Waals surface area contributed by atoms with E-state index in [0.717, 1.165) is 5.56 Å². The first kappa shape index (κ1) is 18.8. The standard InChI is InChI=1S/C18H22N2O4S/c1-24-17-10-9-15(12-16(17)19)20-18(21)13-25(22,23)11-5-8-14-6-3-2-4-7-14/h2-4,6-7,9-10,12H,5,8,11,13,19H2,1H3,(H,20,21). The van der Waals surface area contributed by atoms with Gasteiger partial charge in [-0.2, -0.15) is 0 Å². The van der Waals surface area contributed by atoms with Gasteiger partial charge in [0.1, 0.15) is 11.5 Å². The van der Waals surface area contributed by atoms with Crippen LogP contribution in [0.4, 0.5) is 11.4 Å². The van der Waals surface area contributed by atoms with E-state index in [2.05, 4.69) is 5.32 Å². The molecule has 0 aliphatic heterocycles. The smallest absolute Gasteiger partial charge is 0.239 e. The fourth-order valence-electron chi connectivity index (χ4n) is 2.42. The van der Waals surface area contributed by atoms with E-state index in [1.807, 2.05) is 30.3 Å². The van der Waals surface area contributed by atoms with Gasteiger partial charge in [-0.05, 0) is 36.6 Å². The van der Waals surface area contributed by atoms with Gasteiger partial charge in [-0.1, -0.05) is 30.3 Å². The monoisotopic (exact) mass is 362 g/mol. The first-order valence-electron chi connectivity index (χ1n) is 7.87. The van der Waals surface area contributed by atoms with Crippen LogP contribution in [0, 0.1) is 0 Å². The summed E-state index contributed by atoms with van der Waals surface area (Å²) in [6.07, 6.45) is 1.14. The number of hydrogen-bond acceptors (Lipinski definition) is 5. The van der Waals surface area contributed by atoms with Crippen molar-refractivity contribution in [2.24, 2.45) is 0 Å². The highest BCUT2D eigenvalue weighted by molar-refractivity contribution is 7.92. The molecule has 0 unspecified atom stereocenters.